The van der Waals surface area contributed by atoms with Gasteiger partial charge in [0.1, 0.15) is 5.78 Å². The Hall–Kier alpha value is -1.25. The first kappa shape index (κ1) is 22.0. The molecule has 0 fully saturated rings. The molecule has 0 unspecified atom stereocenters. The lowest BCUT2D eigenvalue weighted by Gasteiger charge is -1.95. The van der Waals surface area contributed by atoms with Gasteiger partial charge in [-0.05, 0) is 30.5 Å². The monoisotopic (exact) mass is 300 g/mol. The third kappa shape index (κ3) is 12.2. The van der Waals surface area contributed by atoms with Crippen LogP contribution in [0.2, 0.25) is 0 Å². The maximum Gasteiger partial charge on any atom is 0.159 e. The van der Waals surface area contributed by atoms with Crippen LogP contribution in [0.3, 0.4) is 0 Å². The summed E-state index contributed by atoms with van der Waals surface area (Å²) in [7, 11) is 0. The number of ketones is 1. The van der Waals surface area contributed by atoms with Crippen molar-refractivity contribution in [3.8, 4) is 0 Å². The van der Waals surface area contributed by atoms with Gasteiger partial charge in [0.05, 0.1) is 0 Å². The minimum Gasteiger partial charge on any atom is -0.300 e. The Bertz CT molecular complexity index is 375. The van der Waals surface area contributed by atoms with Crippen molar-refractivity contribution < 1.29 is 13.6 Å². The zero-order valence-electron chi connectivity index (χ0n) is 14.1. The second-order valence-electron chi connectivity index (χ2n) is 4.45. The van der Waals surface area contributed by atoms with Crippen LogP contribution in [-0.2, 0) is 11.2 Å². The number of hydrogen-bond acceptors (Lipinski definition) is 1. The average Bonchev–Trinajstić information content (AvgIpc) is 2.52. The van der Waals surface area contributed by atoms with Crippen molar-refractivity contribution in [2.75, 3.05) is 0 Å². The zero-order valence-corrected chi connectivity index (χ0v) is 14.1. The highest BCUT2D eigenvalue weighted by atomic mass is 19.2. The largest absolute Gasteiger partial charge is 0.300 e. The highest BCUT2D eigenvalue weighted by Gasteiger charge is 1.99. The Morgan fingerprint density at radius 3 is 2.05 bits per heavy atom. The number of aryl methyl sites for hydroxylation is 1. The van der Waals surface area contributed by atoms with Gasteiger partial charge in [-0.2, -0.15) is 0 Å². The highest BCUT2D eigenvalue weighted by molar-refractivity contribution is 5.77. The van der Waals surface area contributed by atoms with Gasteiger partial charge in [-0.25, -0.2) is 8.78 Å². The summed E-state index contributed by atoms with van der Waals surface area (Å²) in [6, 6.07) is 3.95. The molecule has 1 aromatic rings. The van der Waals surface area contributed by atoms with E-state index in [-0.39, 0.29) is 0 Å². The van der Waals surface area contributed by atoms with Gasteiger partial charge in [0, 0.05) is 12.8 Å². The van der Waals surface area contributed by atoms with Crippen LogP contribution < -0.4 is 0 Å². The summed E-state index contributed by atoms with van der Waals surface area (Å²) >= 11 is 0. The SMILES string of the molecule is CC.CCCCCC(=O)CC.CCc1ccc(F)c(F)c1. The predicted octanol–water partition coefficient (Wildman–Crippen LogP) is 6.10. The molecule has 0 aliphatic carbocycles. The maximum atomic E-state index is 12.4. The van der Waals surface area contributed by atoms with E-state index < -0.39 is 11.6 Å². The second kappa shape index (κ2) is 15.1. The molecule has 21 heavy (non-hydrogen) atoms. The van der Waals surface area contributed by atoms with Crippen molar-refractivity contribution >= 4 is 5.78 Å². The third-order valence-corrected chi connectivity index (χ3v) is 2.85. The lowest BCUT2D eigenvalue weighted by Crippen LogP contribution is -1.93. The van der Waals surface area contributed by atoms with Crippen molar-refractivity contribution in [3.05, 3.63) is 35.4 Å². The fraction of sp³-hybridized carbons (Fsp3) is 0.611. The Morgan fingerprint density at radius 1 is 1.00 bits per heavy atom. The molecular formula is C18H30F2O. The summed E-state index contributed by atoms with van der Waals surface area (Å²) < 4.78 is 24.7. The summed E-state index contributed by atoms with van der Waals surface area (Å²) in [5, 5.41) is 0. The van der Waals surface area contributed by atoms with E-state index in [9.17, 15) is 13.6 Å². The molecule has 0 saturated heterocycles. The van der Waals surface area contributed by atoms with Crippen molar-refractivity contribution in [1.82, 2.24) is 0 Å². The van der Waals surface area contributed by atoms with E-state index in [0.29, 0.717) is 12.2 Å². The Kier molecular flexibility index (Phi) is 15.9. The average molecular weight is 300 g/mol. The van der Waals surface area contributed by atoms with E-state index in [0.717, 1.165) is 30.9 Å². The summed E-state index contributed by atoms with van der Waals surface area (Å²) in [6.45, 7) is 9.97. The molecule has 1 aromatic carbocycles. The van der Waals surface area contributed by atoms with Crippen LogP contribution in [0, 0.1) is 11.6 Å². The molecule has 0 aliphatic rings. The fourth-order valence-electron chi connectivity index (χ4n) is 1.51. The van der Waals surface area contributed by atoms with Gasteiger partial charge < -0.3 is 0 Å². The van der Waals surface area contributed by atoms with Gasteiger partial charge >= 0.3 is 0 Å². The van der Waals surface area contributed by atoms with E-state index in [1.165, 1.54) is 18.9 Å². The number of carbonyl (C=O) groups is 1. The van der Waals surface area contributed by atoms with Crippen LogP contribution in [0.15, 0.2) is 18.2 Å². The number of hydrogen-bond donors (Lipinski definition) is 0. The molecule has 0 aliphatic heterocycles. The molecule has 0 aromatic heterocycles. The van der Waals surface area contributed by atoms with Crippen LogP contribution in [-0.4, -0.2) is 5.78 Å². The van der Waals surface area contributed by atoms with Crippen molar-refractivity contribution in [2.24, 2.45) is 0 Å². The number of rotatable bonds is 6. The first-order valence-electron chi connectivity index (χ1n) is 8.00. The first-order valence-corrected chi connectivity index (χ1v) is 8.00. The van der Waals surface area contributed by atoms with Gasteiger partial charge in [-0.1, -0.05) is 53.5 Å². The number of halogens is 2. The summed E-state index contributed by atoms with van der Waals surface area (Å²) in [4.78, 5) is 10.7. The van der Waals surface area contributed by atoms with Crippen LogP contribution in [0.25, 0.3) is 0 Å². The summed E-state index contributed by atoms with van der Waals surface area (Å²) in [5.41, 5.74) is 0.818. The third-order valence-electron chi connectivity index (χ3n) is 2.85. The Morgan fingerprint density at radius 2 is 1.62 bits per heavy atom. The van der Waals surface area contributed by atoms with E-state index in [1.807, 2.05) is 27.7 Å². The molecule has 0 bridgehead atoms. The van der Waals surface area contributed by atoms with Crippen molar-refractivity contribution in [1.29, 1.82) is 0 Å². The minimum absolute atomic E-state index is 0.406. The van der Waals surface area contributed by atoms with E-state index in [1.54, 1.807) is 6.07 Å². The van der Waals surface area contributed by atoms with E-state index >= 15 is 0 Å². The molecule has 0 spiro atoms. The topological polar surface area (TPSA) is 17.1 Å². The molecule has 0 N–H and O–H groups in total. The normalized spacial score (nSPS) is 9.10. The molecule has 122 valence electrons. The molecular weight excluding hydrogens is 270 g/mol. The second-order valence-corrected chi connectivity index (χ2v) is 4.45. The van der Waals surface area contributed by atoms with Crippen LogP contribution in [0.1, 0.15) is 72.3 Å². The minimum atomic E-state index is -0.780. The van der Waals surface area contributed by atoms with Gasteiger partial charge in [0.25, 0.3) is 0 Å². The van der Waals surface area contributed by atoms with Crippen LogP contribution in [0.5, 0.6) is 0 Å². The Balaban J connectivity index is 0. The smallest absolute Gasteiger partial charge is 0.159 e. The quantitative estimate of drug-likeness (QED) is 0.580. The van der Waals surface area contributed by atoms with Crippen LogP contribution in [0.4, 0.5) is 8.78 Å². The van der Waals surface area contributed by atoms with Gasteiger partial charge in [-0.15, -0.1) is 0 Å². The zero-order chi connectivity index (χ0) is 16.7. The highest BCUT2D eigenvalue weighted by Crippen LogP contribution is 2.08. The lowest BCUT2D eigenvalue weighted by molar-refractivity contribution is -0.118. The summed E-state index contributed by atoms with van der Waals surface area (Å²) in [5.74, 6) is -1.14. The van der Waals surface area contributed by atoms with Crippen LogP contribution >= 0.6 is 0 Å². The number of benzene rings is 1. The van der Waals surface area contributed by atoms with E-state index in [2.05, 4.69) is 6.92 Å². The standard InChI is InChI=1S/C8H8F2.C8H16O.C2H6/c1-2-6-3-4-7(9)8(10)5-6;1-3-5-6-7-8(9)4-2;1-2/h3-5H,2H2,1H3;3-7H2,1-2H3;1-2H3. The van der Waals surface area contributed by atoms with Crippen molar-refractivity contribution in [2.45, 2.75) is 73.1 Å². The number of Topliss-reactive ketones (excluding diaryl/α,β-unsaturated/α-hetero) is 1. The maximum absolute atomic E-state index is 12.4. The van der Waals surface area contributed by atoms with Gasteiger partial charge in [0.2, 0.25) is 0 Å². The number of unbranched alkanes of at least 4 members (excludes halogenated alkanes) is 2. The molecule has 0 radical (unpaired) electrons. The molecule has 1 rings (SSSR count). The molecule has 0 atom stereocenters. The lowest BCUT2D eigenvalue weighted by atomic mass is 10.1. The molecule has 0 heterocycles. The molecule has 1 nitrogen and oxygen atoms in total. The fourth-order valence-corrected chi connectivity index (χ4v) is 1.51. The molecule has 0 amide bonds. The van der Waals surface area contributed by atoms with E-state index in [4.69, 9.17) is 0 Å². The first-order chi connectivity index (χ1) is 10.0. The predicted molar refractivity (Wildman–Crippen MR) is 86.5 cm³/mol. The van der Waals surface area contributed by atoms with Gasteiger partial charge in [-0.3, -0.25) is 4.79 Å². The Labute approximate surface area is 128 Å². The molecule has 3 heteroatoms. The van der Waals surface area contributed by atoms with Gasteiger partial charge in [0.15, 0.2) is 11.6 Å². The number of carbonyl (C=O) groups excluding carboxylic acids is 1. The summed E-state index contributed by atoms with van der Waals surface area (Å²) in [6.07, 6.45) is 5.73. The van der Waals surface area contributed by atoms with Crippen molar-refractivity contribution in [3.63, 3.8) is 0 Å². The molecule has 0 saturated carbocycles.